The van der Waals surface area contributed by atoms with E-state index in [2.05, 4.69) is 21.5 Å². The van der Waals surface area contributed by atoms with Gasteiger partial charge in [0.2, 0.25) is 10.0 Å². The lowest BCUT2D eigenvalue weighted by Crippen LogP contribution is -2.46. The Hall–Kier alpha value is -4.45. The number of amides is 2. The van der Waals surface area contributed by atoms with Crippen LogP contribution >= 0.6 is 0 Å². The molecular weight excluding hydrogens is 532 g/mol. The molecule has 0 radical (unpaired) electrons. The van der Waals surface area contributed by atoms with Gasteiger partial charge in [0.1, 0.15) is 22.7 Å². The smallest absolute Gasteiger partial charge is 0.270 e. The molecule has 0 unspecified atom stereocenters. The topological polar surface area (TPSA) is 135 Å². The number of para-hydroxylation sites is 1. The molecule has 1 spiro atoms. The number of hydrogen-bond acceptors (Lipinski definition) is 8. The summed E-state index contributed by atoms with van der Waals surface area (Å²) in [7, 11) is -3.79. The second-order valence-electron chi connectivity index (χ2n) is 10.2. The van der Waals surface area contributed by atoms with Crippen LogP contribution in [0.15, 0.2) is 67.0 Å². The molecule has 2 aromatic carbocycles. The van der Waals surface area contributed by atoms with E-state index in [4.69, 9.17) is 4.74 Å². The Kier molecular flexibility index (Phi) is 6.41. The van der Waals surface area contributed by atoms with Crippen molar-refractivity contribution in [3.63, 3.8) is 0 Å². The molecule has 0 atom stereocenters. The van der Waals surface area contributed by atoms with Crippen LogP contribution in [0.3, 0.4) is 0 Å². The molecule has 1 fully saturated rings. The molecule has 0 bridgehead atoms. The largest absolute Gasteiger partial charge is 0.492 e. The molecule has 40 heavy (non-hydrogen) atoms. The van der Waals surface area contributed by atoms with Crippen molar-refractivity contribution in [2.45, 2.75) is 24.8 Å². The number of fused-ring (bicyclic) bond motifs is 3. The highest BCUT2D eigenvalue weighted by molar-refractivity contribution is 7.89. The quantitative estimate of drug-likeness (QED) is 0.368. The van der Waals surface area contributed by atoms with Gasteiger partial charge in [-0.25, -0.2) is 18.1 Å². The summed E-state index contributed by atoms with van der Waals surface area (Å²) in [4.78, 5) is 32.7. The summed E-state index contributed by atoms with van der Waals surface area (Å²) in [6, 6.07) is 17.7. The number of anilines is 1. The monoisotopic (exact) mass is 560 g/mol. The number of carbonyl (C=O) groups excluding carboxylic acids is 2. The first-order valence-corrected chi connectivity index (χ1v) is 14.8. The number of carbonyl (C=O) groups is 2. The van der Waals surface area contributed by atoms with Crippen molar-refractivity contribution in [3.05, 3.63) is 89.2 Å². The number of rotatable bonds is 6. The molecule has 6 rings (SSSR count). The molecule has 11 nitrogen and oxygen atoms in total. The Bertz CT molecular complexity index is 1710. The second-order valence-corrected chi connectivity index (χ2v) is 12.0. The minimum atomic E-state index is -3.79. The first kappa shape index (κ1) is 25.8. The minimum absolute atomic E-state index is 0.0213. The van der Waals surface area contributed by atoms with E-state index in [1.807, 2.05) is 58.2 Å². The van der Waals surface area contributed by atoms with Gasteiger partial charge in [-0.2, -0.15) is 9.61 Å². The third-order valence-corrected chi connectivity index (χ3v) is 8.11. The van der Waals surface area contributed by atoms with Gasteiger partial charge in [0.05, 0.1) is 19.1 Å². The van der Waals surface area contributed by atoms with E-state index in [1.165, 1.54) is 22.5 Å². The maximum atomic E-state index is 13.9. The average Bonchev–Trinajstić information content (AvgIpc) is 3.54. The zero-order chi connectivity index (χ0) is 27.9. The number of aromatic nitrogens is 3. The number of sulfonamides is 1. The summed E-state index contributed by atoms with van der Waals surface area (Å²) in [5.74, 6) is 0.231. The van der Waals surface area contributed by atoms with E-state index in [-0.39, 0.29) is 22.5 Å². The van der Waals surface area contributed by atoms with Crippen LogP contribution in [-0.2, 0) is 22.0 Å². The summed E-state index contributed by atoms with van der Waals surface area (Å²) >= 11 is 0. The maximum absolute atomic E-state index is 13.9. The summed E-state index contributed by atoms with van der Waals surface area (Å²) in [5.41, 5.74) is 2.49. The number of benzene rings is 2. The van der Waals surface area contributed by atoms with Crippen molar-refractivity contribution in [2.75, 3.05) is 31.3 Å². The van der Waals surface area contributed by atoms with Gasteiger partial charge in [0.25, 0.3) is 11.8 Å². The lowest BCUT2D eigenvalue weighted by Gasteiger charge is -2.38. The van der Waals surface area contributed by atoms with E-state index in [1.54, 1.807) is 0 Å². The van der Waals surface area contributed by atoms with Gasteiger partial charge in [-0.3, -0.25) is 9.59 Å². The van der Waals surface area contributed by atoms with Crippen molar-refractivity contribution in [1.82, 2.24) is 24.2 Å². The average molecular weight is 561 g/mol. The Morgan fingerprint density at radius 3 is 2.48 bits per heavy atom. The highest BCUT2D eigenvalue weighted by Crippen LogP contribution is 2.45. The zero-order valence-corrected chi connectivity index (χ0v) is 22.6. The van der Waals surface area contributed by atoms with Crippen LogP contribution in [0.4, 0.5) is 5.82 Å². The summed E-state index contributed by atoms with van der Waals surface area (Å²) in [5, 5.41) is 7.60. The Morgan fingerprint density at radius 2 is 1.73 bits per heavy atom. The lowest BCUT2D eigenvalue weighted by molar-refractivity contribution is 0.0646. The molecule has 4 heterocycles. The van der Waals surface area contributed by atoms with Crippen LogP contribution in [0, 0.1) is 0 Å². The summed E-state index contributed by atoms with van der Waals surface area (Å²) in [6.45, 7) is 2.10. The molecule has 2 aromatic heterocycles. The van der Waals surface area contributed by atoms with Gasteiger partial charge >= 0.3 is 0 Å². The fraction of sp³-hybridized carbons (Fsp3) is 0.286. The standard InChI is InChI=1S/C28H28N6O5S/c1-40(37,38)32-26(35)20-17-31-34-24(20)30-16-21(25(34)29-15-19-7-3-2-4-8-19)27(36)33-13-11-28(12-14-33)18-39-23-10-6-5-9-22(23)28/h2-10,16-17,29H,11-15,18H2,1H3,(H,32,35). The maximum Gasteiger partial charge on any atom is 0.270 e. The van der Waals surface area contributed by atoms with Gasteiger partial charge in [0.15, 0.2) is 5.65 Å². The summed E-state index contributed by atoms with van der Waals surface area (Å²) in [6.07, 6.45) is 5.10. The zero-order valence-electron chi connectivity index (χ0n) is 21.8. The van der Waals surface area contributed by atoms with Gasteiger partial charge in [-0.1, -0.05) is 48.5 Å². The van der Waals surface area contributed by atoms with Crippen LogP contribution < -0.4 is 14.8 Å². The molecule has 206 valence electrons. The van der Waals surface area contributed by atoms with Crippen LogP contribution in [0.25, 0.3) is 5.65 Å². The lowest BCUT2D eigenvalue weighted by atomic mass is 9.74. The van der Waals surface area contributed by atoms with Crippen molar-refractivity contribution in [1.29, 1.82) is 0 Å². The fourth-order valence-corrected chi connectivity index (χ4v) is 5.92. The van der Waals surface area contributed by atoms with E-state index in [9.17, 15) is 18.0 Å². The Labute approximate surface area is 231 Å². The number of piperidine rings is 1. The Balaban J connectivity index is 1.30. The number of ether oxygens (including phenoxy) is 1. The fourth-order valence-electron chi connectivity index (χ4n) is 5.47. The third-order valence-electron chi connectivity index (χ3n) is 7.55. The second kappa shape index (κ2) is 9.94. The van der Waals surface area contributed by atoms with E-state index in [0.29, 0.717) is 37.6 Å². The van der Waals surface area contributed by atoms with Gasteiger partial charge < -0.3 is 15.0 Å². The van der Waals surface area contributed by atoms with Crippen LogP contribution in [0.1, 0.15) is 44.7 Å². The number of hydrogen-bond donors (Lipinski definition) is 2. The molecule has 0 aliphatic carbocycles. The number of nitrogens with zero attached hydrogens (tertiary/aromatic N) is 4. The SMILES string of the molecule is CS(=O)(=O)NC(=O)c1cnn2c(NCc3ccccc3)c(C(=O)N3CCC4(CC3)COc3ccccc34)cnc12. The predicted molar refractivity (Wildman–Crippen MR) is 148 cm³/mol. The molecule has 2 amide bonds. The normalized spacial score (nSPS) is 16.0. The predicted octanol–water partition coefficient (Wildman–Crippen LogP) is 2.60. The molecule has 2 aliphatic heterocycles. The highest BCUT2D eigenvalue weighted by atomic mass is 32.2. The first-order valence-electron chi connectivity index (χ1n) is 12.9. The van der Waals surface area contributed by atoms with Crippen molar-refractivity contribution >= 4 is 33.3 Å². The summed E-state index contributed by atoms with van der Waals surface area (Å²) < 4.78 is 32.5. The van der Waals surface area contributed by atoms with E-state index < -0.39 is 15.9 Å². The molecule has 12 heteroatoms. The van der Waals surface area contributed by atoms with Gasteiger partial charge in [0, 0.05) is 36.8 Å². The minimum Gasteiger partial charge on any atom is -0.492 e. The molecule has 2 N–H and O–H groups in total. The van der Waals surface area contributed by atoms with Gasteiger partial charge in [-0.15, -0.1) is 0 Å². The van der Waals surface area contributed by atoms with Crippen LogP contribution in [-0.4, -0.2) is 65.7 Å². The Morgan fingerprint density at radius 1 is 1.00 bits per heavy atom. The highest BCUT2D eigenvalue weighted by Gasteiger charge is 2.44. The van der Waals surface area contributed by atoms with Crippen molar-refractivity contribution < 1.29 is 22.7 Å². The molecule has 4 aromatic rings. The number of nitrogens with one attached hydrogen (secondary N) is 2. The van der Waals surface area contributed by atoms with E-state index in [0.717, 1.165) is 30.4 Å². The van der Waals surface area contributed by atoms with Crippen LogP contribution in [0.5, 0.6) is 5.75 Å². The van der Waals surface area contributed by atoms with Crippen LogP contribution in [0.2, 0.25) is 0 Å². The molecule has 0 saturated carbocycles. The molecular formula is C28H28N6O5S. The first-order chi connectivity index (χ1) is 19.2. The van der Waals surface area contributed by atoms with E-state index >= 15 is 0 Å². The third kappa shape index (κ3) is 4.75. The van der Waals surface area contributed by atoms with Crippen molar-refractivity contribution in [2.24, 2.45) is 0 Å². The number of likely N-dealkylation sites (tertiary alicyclic amines) is 1. The van der Waals surface area contributed by atoms with Gasteiger partial charge in [-0.05, 0) is 24.5 Å². The van der Waals surface area contributed by atoms with Crippen molar-refractivity contribution in [3.8, 4) is 5.75 Å². The molecule has 2 aliphatic rings. The molecule has 1 saturated heterocycles.